The van der Waals surface area contributed by atoms with Crippen molar-refractivity contribution >= 4 is 27.7 Å². The normalized spacial score (nSPS) is 42.6. The van der Waals surface area contributed by atoms with E-state index in [2.05, 4.69) is 0 Å². The molecular formula is C31H44F2O9S. The van der Waals surface area contributed by atoms with Crippen LogP contribution < -0.4 is 0 Å². The van der Waals surface area contributed by atoms with E-state index in [9.17, 15) is 41.8 Å². The minimum Gasteiger partial charge on any atom is -0.458 e. The molecule has 3 N–H and O–H groups in total. The Hall–Kier alpha value is -1.50. The number of ether oxygens (including phenoxy) is 1. The van der Waals surface area contributed by atoms with Crippen molar-refractivity contribution in [3.05, 3.63) is 0 Å². The third-order valence-corrected chi connectivity index (χ3v) is 13.2. The third-order valence-electron chi connectivity index (χ3n) is 12.3. The molecule has 0 radical (unpaired) electrons. The van der Waals surface area contributed by atoms with Gasteiger partial charge in [-0.3, -0.25) is 18.9 Å². The first-order chi connectivity index (χ1) is 19.8. The molecule has 8 aliphatic carbocycles. The van der Waals surface area contributed by atoms with Gasteiger partial charge in [-0.15, -0.1) is 0 Å². The van der Waals surface area contributed by atoms with Gasteiger partial charge in [-0.2, -0.15) is 17.2 Å². The van der Waals surface area contributed by atoms with Gasteiger partial charge in [0, 0.05) is 23.7 Å². The SMILES string of the molecule is CC(CCC(=O)C12CC3CC(CC(O)(C3)C1)C2)(CCC(=O)C12CC3CC(CC(O)(C3)C1)C2)C(=O)OCC(F)(F)S(=O)(=O)O. The number of hydrogen-bond donors (Lipinski definition) is 3. The lowest BCUT2D eigenvalue weighted by atomic mass is 9.46. The summed E-state index contributed by atoms with van der Waals surface area (Å²) in [7, 11) is -5.82. The lowest BCUT2D eigenvalue weighted by molar-refractivity contribution is -0.178. The minimum atomic E-state index is -5.82. The molecule has 9 nitrogen and oxygen atoms in total. The molecule has 8 rings (SSSR count). The van der Waals surface area contributed by atoms with Crippen molar-refractivity contribution in [2.45, 2.75) is 126 Å². The predicted molar refractivity (Wildman–Crippen MR) is 148 cm³/mol. The van der Waals surface area contributed by atoms with Gasteiger partial charge in [-0.25, -0.2) is 0 Å². The van der Waals surface area contributed by atoms with Crippen LogP contribution >= 0.6 is 0 Å². The second-order valence-electron chi connectivity index (χ2n) is 16.0. The highest BCUT2D eigenvalue weighted by molar-refractivity contribution is 7.86. The second kappa shape index (κ2) is 10.00. The van der Waals surface area contributed by atoms with Crippen molar-refractivity contribution in [3.8, 4) is 0 Å². The molecule has 242 valence electrons. The number of halogens is 2. The molecule has 0 saturated heterocycles. The fraction of sp³-hybridized carbons (Fsp3) is 0.903. The van der Waals surface area contributed by atoms with Gasteiger partial charge in [0.25, 0.3) is 0 Å². The molecule has 0 aromatic carbocycles. The number of Topliss-reactive ketones (excluding diaryl/α,β-unsaturated/α-hetero) is 2. The summed E-state index contributed by atoms with van der Waals surface area (Å²) in [5.74, 6) is -0.272. The zero-order chi connectivity index (χ0) is 31.3. The summed E-state index contributed by atoms with van der Waals surface area (Å²) in [6.45, 7) is -0.440. The zero-order valence-electron chi connectivity index (χ0n) is 24.8. The quantitative estimate of drug-likeness (QED) is 0.210. The number of carbonyl (C=O) groups is 3. The fourth-order valence-corrected chi connectivity index (χ4v) is 11.3. The van der Waals surface area contributed by atoms with Gasteiger partial charge in [-0.1, -0.05) is 0 Å². The fourth-order valence-electron chi connectivity index (χ4n) is 11.1. The lowest BCUT2D eigenvalue weighted by Crippen LogP contribution is -2.58. The highest BCUT2D eigenvalue weighted by Crippen LogP contribution is 2.63. The Morgan fingerprint density at radius 2 is 1.14 bits per heavy atom. The largest absolute Gasteiger partial charge is 0.458 e. The summed E-state index contributed by atoms with van der Waals surface area (Å²) >= 11 is 0. The Balaban J connectivity index is 1.17. The number of rotatable bonds is 12. The van der Waals surface area contributed by atoms with Gasteiger partial charge >= 0.3 is 21.3 Å². The van der Waals surface area contributed by atoms with Crippen LogP contribution in [0.15, 0.2) is 0 Å². The topological polar surface area (TPSA) is 155 Å². The van der Waals surface area contributed by atoms with E-state index in [4.69, 9.17) is 9.29 Å². The molecule has 0 spiro atoms. The minimum absolute atomic E-state index is 0.0704. The first-order valence-corrected chi connectivity index (χ1v) is 17.2. The van der Waals surface area contributed by atoms with Crippen LogP contribution in [-0.4, -0.2) is 63.8 Å². The summed E-state index contributed by atoms with van der Waals surface area (Å²) in [5.41, 5.74) is -4.66. The maximum atomic E-state index is 14.0. The van der Waals surface area contributed by atoms with Crippen molar-refractivity contribution in [1.82, 2.24) is 0 Å². The molecule has 0 heterocycles. The van der Waals surface area contributed by atoms with E-state index >= 15 is 0 Å². The van der Waals surface area contributed by atoms with E-state index in [1.807, 2.05) is 0 Å². The highest BCUT2D eigenvalue weighted by atomic mass is 32.2. The van der Waals surface area contributed by atoms with E-state index < -0.39 is 55.4 Å². The van der Waals surface area contributed by atoms with Crippen molar-refractivity contribution in [2.24, 2.45) is 39.9 Å². The van der Waals surface area contributed by atoms with Crippen LogP contribution in [0.25, 0.3) is 0 Å². The smallest absolute Gasteiger partial charge is 0.402 e. The Morgan fingerprint density at radius 1 is 0.767 bits per heavy atom. The van der Waals surface area contributed by atoms with Crippen LogP contribution in [0.5, 0.6) is 0 Å². The van der Waals surface area contributed by atoms with Crippen LogP contribution in [-0.2, 0) is 29.2 Å². The van der Waals surface area contributed by atoms with E-state index in [0.29, 0.717) is 64.2 Å². The van der Waals surface area contributed by atoms with E-state index in [1.165, 1.54) is 6.92 Å². The molecule has 4 atom stereocenters. The molecule has 8 aliphatic rings. The summed E-state index contributed by atoms with van der Waals surface area (Å²) in [5, 5.41) is 17.5. The standard InChI is InChI=1S/C31H44F2O9S/c1-26(25(36)42-18-31(32,33)43(39,40)41,4-2-23(34)27-8-19-6-20(9-27)13-29(37,12-19)16-27)5-3-24(35)28-10-21-7-22(11-28)15-30(38,14-21)17-28/h19-22,37-38H,2-18H2,1H3,(H,39,40,41). The molecule has 4 unspecified atom stereocenters. The number of carbonyl (C=O) groups excluding carboxylic acids is 3. The van der Waals surface area contributed by atoms with Crippen LogP contribution in [0.3, 0.4) is 0 Å². The average molecular weight is 631 g/mol. The zero-order valence-corrected chi connectivity index (χ0v) is 25.6. The Kier molecular flexibility index (Phi) is 7.32. The van der Waals surface area contributed by atoms with E-state index in [1.54, 1.807) is 0 Å². The number of hydrogen-bond acceptors (Lipinski definition) is 8. The molecular weight excluding hydrogens is 586 g/mol. The first-order valence-electron chi connectivity index (χ1n) is 15.8. The van der Waals surface area contributed by atoms with Crippen molar-refractivity contribution in [2.75, 3.05) is 6.61 Å². The summed E-state index contributed by atoms with van der Waals surface area (Å²) in [6.07, 6.45) is 7.87. The third kappa shape index (κ3) is 5.60. The molecule has 0 aliphatic heterocycles. The van der Waals surface area contributed by atoms with E-state index in [0.717, 1.165) is 12.8 Å². The first kappa shape index (κ1) is 31.5. The number of ketones is 2. The lowest BCUT2D eigenvalue weighted by Gasteiger charge is -2.59. The number of alkyl halides is 2. The van der Waals surface area contributed by atoms with Crippen LogP contribution in [0.2, 0.25) is 0 Å². The Labute approximate surface area is 251 Å². The van der Waals surface area contributed by atoms with Gasteiger partial charge < -0.3 is 14.9 Å². The molecule has 0 amide bonds. The maximum absolute atomic E-state index is 14.0. The molecule has 0 aromatic rings. The summed E-state index contributed by atoms with van der Waals surface area (Å²) in [6, 6.07) is 0. The molecule has 8 bridgehead atoms. The Bertz CT molecular complexity index is 1220. The van der Waals surface area contributed by atoms with Gasteiger partial charge in [0.15, 0.2) is 6.61 Å². The van der Waals surface area contributed by atoms with Gasteiger partial charge in [0.1, 0.15) is 11.6 Å². The maximum Gasteiger partial charge on any atom is 0.402 e. The van der Waals surface area contributed by atoms with Crippen LogP contribution in [0.1, 0.15) is 110 Å². The van der Waals surface area contributed by atoms with Gasteiger partial charge in [-0.05, 0) is 120 Å². The average Bonchev–Trinajstić information content (AvgIpc) is 2.85. The van der Waals surface area contributed by atoms with E-state index in [-0.39, 0.29) is 60.9 Å². The molecule has 43 heavy (non-hydrogen) atoms. The van der Waals surface area contributed by atoms with Crippen molar-refractivity contribution in [1.29, 1.82) is 0 Å². The molecule has 12 heteroatoms. The predicted octanol–water partition coefficient (Wildman–Crippen LogP) is 4.38. The highest BCUT2D eigenvalue weighted by Gasteiger charge is 2.61. The van der Waals surface area contributed by atoms with Gasteiger partial charge in [0.05, 0.1) is 16.6 Å². The van der Waals surface area contributed by atoms with Gasteiger partial charge in [0.2, 0.25) is 0 Å². The summed E-state index contributed by atoms with van der Waals surface area (Å²) < 4.78 is 63.7. The Morgan fingerprint density at radius 3 is 1.47 bits per heavy atom. The van der Waals surface area contributed by atoms with Crippen LogP contribution in [0.4, 0.5) is 8.78 Å². The molecule has 0 aromatic heterocycles. The molecule has 8 saturated carbocycles. The number of esters is 1. The summed E-state index contributed by atoms with van der Waals surface area (Å²) in [4.78, 5) is 40.9. The van der Waals surface area contributed by atoms with Crippen LogP contribution in [0, 0.1) is 39.9 Å². The number of aliphatic hydroxyl groups is 2. The second-order valence-corrected chi connectivity index (χ2v) is 17.6. The molecule has 8 fully saturated rings. The van der Waals surface area contributed by atoms with Crippen molar-refractivity contribution in [3.63, 3.8) is 0 Å². The van der Waals surface area contributed by atoms with Crippen molar-refractivity contribution < 1.29 is 51.1 Å². The monoisotopic (exact) mass is 630 g/mol.